The van der Waals surface area contributed by atoms with E-state index in [-0.39, 0.29) is 11.8 Å². The molecule has 1 aliphatic carbocycles. The third kappa shape index (κ3) is 2.94. The Hall–Kier alpha value is -0.830. The summed E-state index contributed by atoms with van der Waals surface area (Å²) < 4.78 is 5.16. The molecule has 0 bridgehead atoms. The summed E-state index contributed by atoms with van der Waals surface area (Å²) in [6.45, 7) is 2.05. The second kappa shape index (κ2) is 5.87. The highest BCUT2D eigenvalue weighted by molar-refractivity contribution is 9.09. The van der Waals surface area contributed by atoms with E-state index in [1.807, 2.05) is 31.2 Å². The number of carbonyl (C=O) groups is 1. The van der Waals surface area contributed by atoms with Crippen molar-refractivity contribution in [3.8, 4) is 5.75 Å². The second-order valence-electron chi connectivity index (χ2n) is 5.04. The lowest BCUT2D eigenvalue weighted by atomic mass is 9.87. The van der Waals surface area contributed by atoms with Crippen molar-refractivity contribution in [3.63, 3.8) is 0 Å². The van der Waals surface area contributed by atoms with Crippen molar-refractivity contribution in [1.29, 1.82) is 0 Å². The molecule has 1 saturated carbocycles. The van der Waals surface area contributed by atoms with Crippen LogP contribution >= 0.6 is 15.9 Å². The molecule has 0 spiro atoms. The van der Waals surface area contributed by atoms with Crippen molar-refractivity contribution >= 4 is 21.7 Å². The minimum atomic E-state index is 0.0257. The van der Waals surface area contributed by atoms with Crippen molar-refractivity contribution in [3.05, 3.63) is 29.8 Å². The first-order chi connectivity index (χ1) is 8.61. The lowest BCUT2D eigenvalue weighted by molar-refractivity contribution is -0.123. The first-order valence-corrected chi connectivity index (χ1v) is 7.35. The SMILES string of the molecule is COc1ccc([C@@H]2C[C@H](Br)CC[C@H](C)C2=O)cc1. The van der Waals surface area contributed by atoms with Crippen molar-refractivity contribution < 1.29 is 9.53 Å². The van der Waals surface area contributed by atoms with Crippen LogP contribution in [0.15, 0.2) is 24.3 Å². The molecule has 0 N–H and O–H groups in total. The standard InChI is InChI=1S/C15H19BrO2/c1-10-3-6-12(16)9-14(15(10)17)11-4-7-13(18-2)8-5-11/h4-5,7-8,10,12,14H,3,6,9H2,1-2H3/t10-,12+,14-/m0/s1. The normalized spacial score (nSPS) is 28.8. The zero-order valence-electron chi connectivity index (χ0n) is 10.9. The van der Waals surface area contributed by atoms with Crippen LogP contribution in [0.2, 0.25) is 0 Å². The number of benzene rings is 1. The molecule has 18 heavy (non-hydrogen) atoms. The van der Waals surface area contributed by atoms with Crippen molar-refractivity contribution in [2.24, 2.45) is 5.92 Å². The molecule has 98 valence electrons. The molecule has 0 saturated heterocycles. The molecule has 0 radical (unpaired) electrons. The molecule has 2 nitrogen and oxygen atoms in total. The van der Waals surface area contributed by atoms with Gasteiger partial charge in [0.05, 0.1) is 7.11 Å². The van der Waals surface area contributed by atoms with Gasteiger partial charge in [0.15, 0.2) is 0 Å². The number of halogens is 1. The van der Waals surface area contributed by atoms with Gasteiger partial charge in [-0.2, -0.15) is 0 Å². The monoisotopic (exact) mass is 310 g/mol. The van der Waals surface area contributed by atoms with Crippen molar-refractivity contribution in [2.45, 2.75) is 36.9 Å². The maximum Gasteiger partial charge on any atom is 0.143 e. The Balaban J connectivity index is 2.24. The molecule has 0 amide bonds. The van der Waals surface area contributed by atoms with E-state index in [4.69, 9.17) is 4.74 Å². The van der Waals surface area contributed by atoms with Gasteiger partial charge < -0.3 is 4.74 Å². The number of hydrogen-bond acceptors (Lipinski definition) is 2. The van der Waals surface area contributed by atoms with Gasteiger partial charge in [0.2, 0.25) is 0 Å². The summed E-state index contributed by atoms with van der Waals surface area (Å²) in [4.78, 5) is 12.8. The van der Waals surface area contributed by atoms with Gasteiger partial charge in [-0.1, -0.05) is 35.0 Å². The van der Waals surface area contributed by atoms with Gasteiger partial charge in [0, 0.05) is 16.7 Å². The molecule has 1 aromatic rings. The third-order valence-electron chi connectivity index (χ3n) is 3.75. The summed E-state index contributed by atoms with van der Waals surface area (Å²) in [7, 11) is 1.66. The van der Waals surface area contributed by atoms with Gasteiger partial charge in [-0.25, -0.2) is 0 Å². The lowest BCUT2D eigenvalue weighted by Gasteiger charge is -2.17. The molecule has 2 rings (SSSR count). The Morgan fingerprint density at radius 3 is 2.50 bits per heavy atom. The second-order valence-corrected chi connectivity index (χ2v) is 6.33. The number of carbonyl (C=O) groups excluding carboxylic acids is 1. The molecular weight excluding hydrogens is 292 g/mol. The maximum atomic E-state index is 12.4. The van der Waals surface area contributed by atoms with Crippen LogP contribution < -0.4 is 4.74 Å². The van der Waals surface area contributed by atoms with E-state index in [1.54, 1.807) is 7.11 Å². The molecule has 0 heterocycles. The highest BCUT2D eigenvalue weighted by Gasteiger charge is 2.30. The van der Waals surface area contributed by atoms with E-state index in [0.717, 1.165) is 30.6 Å². The number of methoxy groups -OCH3 is 1. The van der Waals surface area contributed by atoms with Gasteiger partial charge in [-0.05, 0) is 37.0 Å². The van der Waals surface area contributed by atoms with Crippen LogP contribution in [0.4, 0.5) is 0 Å². The number of Topliss-reactive ketones (excluding diaryl/α,β-unsaturated/α-hetero) is 1. The lowest BCUT2D eigenvalue weighted by Crippen LogP contribution is -2.18. The average molecular weight is 311 g/mol. The molecule has 1 aromatic carbocycles. The fourth-order valence-electron chi connectivity index (χ4n) is 2.54. The van der Waals surface area contributed by atoms with Crippen LogP contribution in [-0.4, -0.2) is 17.7 Å². The molecule has 1 aliphatic rings. The van der Waals surface area contributed by atoms with Crippen LogP contribution in [-0.2, 0) is 4.79 Å². The summed E-state index contributed by atoms with van der Waals surface area (Å²) in [6.07, 6.45) is 2.97. The summed E-state index contributed by atoms with van der Waals surface area (Å²) in [6, 6.07) is 7.89. The van der Waals surface area contributed by atoms with Crippen LogP contribution in [0.1, 0.15) is 37.7 Å². The highest BCUT2D eigenvalue weighted by atomic mass is 79.9. The summed E-state index contributed by atoms with van der Waals surface area (Å²) in [5.41, 5.74) is 1.11. The topological polar surface area (TPSA) is 26.3 Å². The van der Waals surface area contributed by atoms with E-state index >= 15 is 0 Å². The van der Waals surface area contributed by atoms with E-state index in [0.29, 0.717) is 10.6 Å². The van der Waals surface area contributed by atoms with Gasteiger partial charge in [-0.3, -0.25) is 4.79 Å². The van der Waals surface area contributed by atoms with Gasteiger partial charge in [0.1, 0.15) is 11.5 Å². The Labute approximate surface area is 117 Å². The fraction of sp³-hybridized carbons (Fsp3) is 0.533. The van der Waals surface area contributed by atoms with Gasteiger partial charge in [-0.15, -0.1) is 0 Å². The summed E-state index contributed by atoms with van der Waals surface area (Å²) in [5.74, 6) is 1.41. The predicted octanol–water partition coefficient (Wildman–Crippen LogP) is 3.93. The van der Waals surface area contributed by atoms with E-state index < -0.39 is 0 Å². The summed E-state index contributed by atoms with van der Waals surface area (Å²) >= 11 is 3.68. The van der Waals surface area contributed by atoms with E-state index in [9.17, 15) is 4.79 Å². The Morgan fingerprint density at radius 2 is 1.89 bits per heavy atom. The van der Waals surface area contributed by atoms with E-state index in [1.165, 1.54) is 0 Å². The smallest absolute Gasteiger partial charge is 0.143 e. The number of ether oxygens (including phenoxy) is 1. The van der Waals surface area contributed by atoms with Crippen molar-refractivity contribution in [2.75, 3.05) is 7.11 Å². The fourth-order valence-corrected chi connectivity index (χ4v) is 3.18. The Bertz CT molecular complexity index is 413. The molecule has 1 fully saturated rings. The first kappa shape index (κ1) is 13.6. The minimum absolute atomic E-state index is 0.0257. The largest absolute Gasteiger partial charge is 0.497 e. The average Bonchev–Trinajstić information content (AvgIpc) is 2.52. The zero-order valence-corrected chi connectivity index (χ0v) is 12.4. The van der Waals surface area contributed by atoms with Crippen LogP contribution in [0.5, 0.6) is 5.75 Å². The number of ketones is 1. The maximum absolute atomic E-state index is 12.4. The predicted molar refractivity (Wildman–Crippen MR) is 76.5 cm³/mol. The number of alkyl halides is 1. The molecule has 0 unspecified atom stereocenters. The minimum Gasteiger partial charge on any atom is -0.497 e. The third-order valence-corrected chi connectivity index (χ3v) is 4.58. The van der Waals surface area contributed by atoms with Crippen LogP contribution in [0.25, 0.3) is 0 Å². The van der Waals surface area contributed by atoms with Crippen LogP contribution in [0.3, 0.4) is 0 Å². The molecular formula is C15H19BrO2. The van der Waals surface area contributed by atoms with Crippen LogP contribution in [0, 0.1) is 5.92 Å². The quantitative estimate of drug-likeness (QED) is 0.611. The van der Waals surface area contributed by atoms with Gasteiger partial charge in [0.25, 0.3) is 0 Å². The van der Waals surface area contributed by atoms with Gasteiger partial charge >= 0.3 is 0 Å². The molecule has 3 heteroatoms. The summed E-state index contributed by atoms with van der Waals surface area (Å²) in [5, 5.41) is 0. The van der Waals surface area contributed by atoms with Crippen molar-refractivity contribution in [1.82, 2.24) is 0 Å². The highest BCUT2D eigenvalue weighted by Crippen LogP contribution is 2.35. The zero-order chi connectivity index (χ0) is 13.1. The molecule has 0 aliphatic heterocycles. The number of hydrogen-bond donors (Lipinski definition) is 0. The first-order valence-electron chi connectivity index (χ1n) is 6.43. The Morgan fingerprint density at radius 1 is 1.22 bits per heavy atom. The number of rotatable bonds is 2. The molecule has 3 atom stereocenters. The Kier molecular flexibility index (Phi) is 4.44. The van der Waals surface area contributed by atoms with E-state index in [2.05, 4.69) is 15.9 Å². The molecule has 0 aromatic heterocycles.